The molecule has 0 fully saturated rings. The Morgan fingerprint density at radius 3 is 2.13 bits per heavy atom. The van der Waals surface area contributed by atoms with Gasteiger partial charge in [0.05, 0.1) is 13.2 Å². The summed E-state index contributed by atoms with van der Waals surface area (Å²) in [4.78, 5) is 11.1. The molecule has 0 radical (unpaired) electrons. The second-order valence-corrected chi connectivity index (χ2v) is 7.27. The number of phenolic OH excluding ortho intramolecular Hbond substituents is 1. The van der Waals surface area contributed by atoms with Crippen molar-refractivity contribution in [2.45, 2.75) is 12.8 Å². The molecular formula is C27H24O4. The van der Waals surface area contributed by atoms with Crippen LogP contribution in [-0.2, 0) is 9.53 Å². The first-order valence-corrected chi connectivity index (χ1v) is 10.3. The zero-order valence-electron chi connectivity index (χ0n) is 17.2. The standard InChI is InChI=1S/C27H24O4/c1-2-25(29)31-18-8-7-17-30-24-16-14-20-10-4-6-12-22(20)27(24)26-21-11-5-3-9-19(21)13-15-23(26)28/h2-6,9-16,28H,1,7-8,17-18H2. The van der Waals surface area contributed by atoms with Gasteiger partial charge in [0, 0.05) is 17.2 Å². The minimum absolute atomic E-state index is 0.219. The number of carbonyl (C=O) groups excluding carboxylic acids is 1. The molecule has 0 saturated heterocycles. The number of fused-ring (bicyclic) bond motifs is 2. The van der Waals surface area contributed by atoms with Crippen LogP contribution in [0.3, 0.4) is 0 Å². The number of ether oxygens (including phenoxy) is 2. The molecular weight excluding hydrogens is 388 g/mol. The molecule has 156 valence electrons. The van der Waals surface area contributed by atoms with Crippen molar-refractivity contribution in [3.8, 4) is 22.6 Å². The van der Waals surface area contributed by atoms with E-state index in [1.807, 2.05) is 60.7 Å². The fourth-order valence-corrected chi connectivity index (χ4v) is 3.77. The van der Waals surface area contributed by atoms with Crippen LogP contribution >= 0.6 is 0 Å². The molecule has 4 aromatic rings. The summed E-state index contributed by atoms with van der Waals surface area (Å²) < 4.78 is 11.2. The second-order valence-electron chi connectivity index (χ2n) is 7.27. The Labute approximate surface area is 181 Å². The average molecular weight is 412 g/mol. The molecule has 4 heteroatoms. The van der Waals surface area contributed by atoms with Crippen LogP contribution in [0.4, 0.5) is 0 Å². The van der Waals surface area contributed by atoms with Crippen molar-refractivity contribution in [1.82, 2.24) is 0 Å². The van der Waals surface area contributed by atoms with Gasteiger partial charge in [-0.15, -0.1) is 0 Å². The SMILES string of the molecule is C=CC(=O)OCCCCOc1ccc2ccccc2c1-c1c(O)ccc2ccccc12. The maximum atomic E-state index is 11.1. The number of phenols is 1. The minimum atomic E-state index is -0.413. The van der Waals surface area contributed by atoms with E-state index in [2.05, 4.69) is 12.6 Å². The molecule has 0 saturated carbocycles. The smallest absolute Gasteiger partial charge is 0.330 e. The van der Waals surface area contributed by atoms with Crippen LogP contribution < -0.4 is 4.74 Å². The Hall–Kier alpha value is -3.79. The number of unbranched alkanes of at least 4 members (excludes halogenated alkanes) is 1. The van der Waals surface area contributed by atoms with Crippen LogP contribution in [0.2, 0.25) is 0 Å². The number of esters is 1. The zero-order valence-corrected chi connectivity index (χ0v) is 17.2. The third-order valence-corrected chi connectivity index (χ3v) is 5.26. The summed E-state index contributed by atoms with van der Waals surface area (Å²) in [7, 11) is 0. The van der Waals surface area contributed by atoms with Crippen molar-refractivity contribution < 1.29 is 19.4 Å². The lowest BCUT2D eigenvalue weighted by atomic mass is 9.92. The number of rotatable bonds is 8. The number of hydrogen-bond donors (Lipinski definition) is 1. The van der Waals surface area contributed by atoms with E-state index in [0.29, 0.717) is 25.4 Å². The summed E-state index contributed by atoms with van der Waals surface area (Å²) in [5.41, 5.74) is 1.65. The second kappa shape index (κ2) is 9.35. The predicted molar refractivity (Wildman–Crippen MR) is 124 cm³/mol. The summed E-state index contributed by atoms with van der Waals surface area (Å²) in [5.74, 6) is 0.522. The lowest BCUT2D eigenvalue weighted by molar-refractivity contribution is -0.137. The predicted octanol–water partition coefficient (Wildman–Crippen LogP) is 6.25. The highest BCUT2D eigenvalue weighted by molar-refractivity contribution is 6.09. The van der Waals surface area contributed by atoms with Gasteiger partial charge >= 0.3 is 5.97 Å². The van der Waals surface area contributed by atoms with Gasteiger partial charge in [-0.3, -0.25) is 0 Å². The van der Waals surface area contributed by atoms with Gasteiger partial charge in [0.15, 0.2) is 0 Å². The van der Waals surface area contributed by atoms with Gasteiger partial charge in [0.25, 0.3) is 0 Å². The monoisotopic (exact) mass is 412 g/mol. The Morgan fingerprint density at radius 2 is 1.42 bits per heavy atom. The van der Waals surface area contributed by atoms with Crippen LogP contribution in [0.1, 0.15) is 12.8 Å². The lowest BCUT2D eigenvalue weighted by Gasteiger charge is -2.17. The van der Waals surface area contributed by atoms with E-state index in [1.54, 1.807) is 6.07 Å². The van der Waals surface area contributed by atoms with Gasteiger partial charge < -0.3 is 14.6 Å². The summed E-state index contributed by atoms with van der Waals surface area (Å²) in [6.45, 7) is 4.20. The zero-order chi connectivity index (χ0) is 21.6. The van der Waals surface area contributed by atoms with Crippen LogP contribution in [0.15, 0.2) is 85.5 Å². The van der Waals surface area contributed by atoms with Gasteiger partial charge in [0.2, 0.25) is 0 Å². The summed E-state index contributed by atoms with van der Waals surface area (Å²) in [6.07, 6.45) is 2.59. The third-order valence-electron chi connectivity index (χ3n) is 5.26. The molecule has 0 unspecified atom stereocenters. The van der Waals surface area contributed by atoms with Crippen molar-refractivity contribution in [3.05, 3.63) is 85.5 Å². The Balaban J connectivity index is 1.69. The maximum Gasteiger partial charge on any atom is 0.330 e. The number of carbonyl (C=O) groups is 1. The minimum Gasteiger partial charge on any atom is -0.507 e. The average Bonchev–Trinajstić information content (AvgIpc) is 2.81. The highest BCUT2D eigenvalue weighted by atomic mass is 16.5. The summed E-state index contributed by atoms with van der Waals surface area (Å²) in [5, 5.41) is 15.0. The fourth-order valence-electron chi connectivity index (χ4n) is 3.77. The van der Waals surface area contributed by atoms with Gasteiger partial charge in [-0.05, 0) is 46.5 Å². The van der Waals surface area contributed by atoms with E-state index in [0.717, 1.165) is 45.2 Å². The fraction of sp³-hybridized carbons (Fsp3) is 0.148. The van der Waals surface area contributed by atoms with E-state index in [9.17, 15) is 9.90 Å². The van der Waals surface area contributed by atoms with Crippen molar-refractivity contribution >= 4 is 27.5 Å². The number of hydrogen-bond acceptors (Lipinski definition) is 4. The van der Waals surface area contributed by atoms with Gasteiger partial charge in [-0.1, -0.05) is 67.2 Å². The topological polar surface area (TPSA) is 55.8 Å². The molecule has 0 aromatic heterocycles. The van der Waals surface area contributed by atoms with Crippen LogP contribution in [-0.4, -0.2) is 24.3 Å². The Kier molecular flexibility index (Phi) is 6.18. The molecule has 0 atom stereocenters. The Morgan fingerprint density at radius 1 is 0.806 bits per heavy atom. The molecule has 4 aromatic carbocycles. The first-order chi connectivity index (χ1) is 15.2. The van der Waals surface area contributed by atoms with Crippen molar-refractivity contribution in [2.75, 3.05) is 13.2 Å². The van der Waals surface area contributed by atoms with Gasteiger partial charge in [0.1, 0.15) is 11.5 Å². The molecule has 0 heterocycles. The molecule has 31 heavy (non-hydrogen) atoms. The Bertz CT molecular complexity index is 1240. The largest absolute Gasteiger partial charge is 0.507 e. The van der Waals surface area contributed by atoms with E-state index in [1.165, 1.54) is 0 Å². The third kappa shape index (κ3) is 4.38. The van der Waals surface area contributed by atoms with Crippen LogP contribution in [0, 0.1) is 0 Å². The highest BCUT2D eigenvalue weighted by Crippen LogP contribution is 2.44. The van der Waals surface area contributed by atoms with Gasteiger partial charge in [-0.2, -0.15) is 0 Å². The molecule has 0 spiro atoms. The van der Waals surface area contributed by atoms with Crippen molar-refractivity contribution in [1.29, 1.82) is 0 Å². The molecule has 1 N–H and O–H groups in total. The molecule has 0 aliphatic rings. The summed E-state index contributed by atoms with van der Waals surface area (Å²) >= 11 is 0. The van der Waals surface area contributed by atoms with Crippen LogP contribution in [0.5, 0.6) is 11.5 Å². The van der Waals surface area contributed by atoms with Crippen molar-refractivity contribution in [3.63, 3.8) is 0 Å². The molecule has 4 rings (SSSR count). The van der Waals surface area contributed by atoms with E-state index >= 15 is 0 Å². The van der Waals surface area contributed by atoms with Gasteiger partial charge in [-0.25, -0.2) is 4.79 Å². The number of benzene rings is 4. The molecule has 0 bridgehead atoms. The van der Waals surface area contributed by atoms with E-state index in [4.69, 9.17) is 9.47 Å². The molecule has 4 nitrogen and oxygen atoms in total. The number of aromatic hydroxyl groups is 1. The van der Waals surface area contributed by atoms with Crippen LogP contribution in [0.25, 0.3) is 32.7 Å². The van der Waals surface area contributed by atoms with Crippen molar-refractivity contribution in [2.24, 2.45) is 0 Å². The normalized spacial score (nSPS) is 10.8. The molecule has 0 aliphatic heterocycles. The van der Waals surface area contributed by atoms with E-state index in [-0.39, 0.29) is 5.75 Å². The lowest BCUT2D eigenvalue weighted by Crippen LogP contribution is -2.05. The molecule has 0 amide bonds. The first-order valence-electron chi connectivity index (χ1n) is 10.3. The summed E-state index contributed by atoms with van der Waals surface area (Å²) in [6, 6.07) is 23.8. The maximum absolute atomic E-state index is 11.1. The quantitative estimate of drug-likeness (QED) is 0.211. The first kappa shape index (κ1) is 20.5. The van der Waals surface area contributed by atoms with E-state index < -0.39 is 5.97 Å². The molecule has 0 aliphatic carbocycles. The highest BCUT2D eigenvalue weighted by Gasteiger charge is 2.17.